The van der Waals surface area contributed by atoms with Gasteiger partial charge < -0.3 is 14.4 Å². The molecule has 1 atom stereocenters. The predicted octanol–water partition coefficient (Wildman–Crippen LogP) is 2.91. The number of halogens is 1. The molecule has 4 nitrogen and oxygen atoms in total. The molecular weight excluding hydrogens is 318 g/mol. The second kappa shape index (κ2) is 5.69. The molecule has 0 saturated heterocycles. The zero-order valence-electron chi connectivity index (χ0n) is 9.67. The quantitative estimate of drug-likeness (QED) is 0.938. The standard InChI is InChI=1S/C12H12BrNO3S/c1-14(7-8(15)10-3-2-6-18-10)12(16)9-4-5-11(13)17-9/h2-6,8,15H,7H2,1H3. The van der Waals surface area contributed by atoms with Crippen molar-refractivity contribution in [2.75, 3.05) is 13.6 Å². The van der Waals surface area contributed by atoms with Gasteiger partial charge in [-0.05, 0) is 39.5 Å². The smallest absolute Gasteiger partial charge is 0.289 e. The third-order valence-corrected chi connectivity index (χ3v) is 3.85. The van der Waals surface area contributed by atoms with Crippen LogP contribution < -0.4 is 0 Å². The SMILES string of the molecule is CN(CC(O)c1cccs1)C(=O)c1ccc(Br)o1. The fourth-order valence-electron chi connectivity index (χ4n) is 1.53. The largest absolute Gasteiger partial charge is 0.444 e. The highest BCUT2D eigenvalue weighted by Crippen LogP contribution is 2.21. The molecule has 0 aliphatic heterocycles. The number of nitrogens with zero attached hydrogens (tertiary/aromatic N) is 1. The van der Waals surface area contributed by atoms with E-state index < -0.39 is 6.10 Å². The monoisotopic (exact) mass is 329 g/mol. The molecule has 6 heteroatoms. The Balaban J connectivity index is 1.99. The van der Waals surface area contributed by atoms with E-state index in [9.17, 15) is 9.90 Å². The molecule has 1 N–H and O–H groups in total. The number of thiophene rings is 1. The summed E-state index contributed by atoms with van der Waals surface area (Å²) in [6.45, 7) is 0.234. The van der Waals surface area contributed by atoms with E-state index in [0.29, 0.717) is 4.67 Å². The number of furan rings is 1. The van der Waals surface area contributed by atoms with Crippen molar-refractivity contribution < 1.29 is 14.3 Å². The van der Waals surface area contributed by atoms with Crippen LogP contribution in [-0.2, 0) is 0 Å². The number of carbonyl (C=O) groups is 1. The Morgan fingerprint density at radius 2 is 2.33 bits per heavy atom. The van der Waals surface area contributed by atoms with Crippen molar-refractivity contribution in [3.63, 3.8) is 0 Å². The van der Waals surface area contributed by atoms with Gasteiger partial charge in [0.15, 0.2) is 10.4 Å². The number of aliphatic hydroxyl groups is 1. The molecule has 0 saturated carbocycles. The summed E-state index contributed by atoms with van der Waals surface area (Å²) < 4.78 is 5.70. The summed E-state index contributed by atoms with van der Waals surface area (Å²) in [6.07, 6.45) is -0.669. The van der Waals surface area contributed by atoms with Crippen LogP contribution in [0.1, 0.15) is 21.5 Å². The Morgan fingerprint density at radius 1 is 1.56 bits per heavy atom. The van der Waals surface area contributed by atoms with Gasteiger partial charge >= 0.3 is 0 Å². The van der Waals surface area contributed by atoms with Crippen molar-refractivity contribution in [3.8, 4) is 0 Å². The number of aliphatic hydroxyl groups excluding tert-OH is 1. The number of likely N-dealkylation sites (N-methyl/N-ethyl adjacent to an activating group) is 1. The topological polar surface area (TPSA) is 53.7 Å². The summed E-state index contributed by atoms with van der Waals surface area (Å²) in [5.41, 5.74) is 0. The Hall–Kier alpha value is -1.11. The van der Waals surface area contributed by atoms with Gasteiger partial charge in [-0.15, -0.1) is 11.3 Å². The van der Waals surface area contributed by atoms with Crippen molar-refractivity contribution >= 4 is 33.2 Å². The molecule has 2 heterocycles. The molecular formula is C12H12BrNO3S. The number of carbonyl (C=O) groups excluding carboxylic acids is 1. The maximum atomic E-state index is 12.0. The summed E-state index contributed by atoms with van der Waals surface area (Å²) in [5, 5.41) is 11.9. The van der Waals surface area contributed by atoms with E-state index in [1.165, 1.54) is 16.2 Å². The molecule has 0 radical (unpaired) electrons. The molecule has 1 amide bonds. The lowest BCUT2D eigenvalue weighted by Crippen LogP contribution is -2.30. The first-order valence-electron chi connectivity index (χ1n) is 5.30. The predicted molar refractivity (Wildman–Crippen MR) is 72.6 cm³/mol. The zero-order valence-corrected chi connectivity index (χ0v) is 12.1. The second-order valence-corrected chi connectivity index (χ2v) is 5.58. The molecule has 0 aliphatic carbocycles. The number of hydrogen-bond donors (Lipinski definition) is 1. The van der Waals surface area contributed by atoms with Gasteiger partial charge in [0.2, 0.25) is 0 Å². The van der Waals surface area contributed by atoms with E-state index in [1.54, 1.807) is 19.2 Å². The highest BCUT2D eigenvalue weighted by Gasteiger charge is 2.19. The fraction of sp³-hybridized carbons (Fsp3) is 0.250. The van der Waals surface area contributed by atoms with E-state index in [0.717, 1.165) is 4.88 Å². The molecule has 2 rings (SSSR count). The van der Waals surface area contributed by atoms with Gasteiger partial charge in [-0.25, -0.2) is 0 Å². The van der Waals surface area contributed by atoms with Crippen molar-refractivity contribution in [1.82, 2.24) is 4.90 Å². The van der Waals surface area contributed by atoms with Gasteiger partial charge in [-0.3, -0.25) is 4.79 Å². The number of hydrogen-bond acceptors (Lipinski definition) is 4. The molecule has 0 bridgehead atoms. The molecule has 1 unspecified atom stereocenters. The summed E-state index contributed by atoms with van der Waals surface area (Å²) in [6, 6.07) is 6.98. The lowest BCUT2D eigenvalue weighted by molar-refractivity contribution is 0.0655. The minimum atomic E-state index is -0.669. The lowest BCUT2D eigenvalue weighted by atomic mass is 10.2. The Bertz CT molecular complexity index is 523. The van der Waals surface area contributed by atoms with Crippen molar-refractivity contribution in [2.24, 2.45) is 0 Å². The fourth-order valence-corrected chi connectivity index (χ4v) is 2.54. The number of amides is 1. The third-order valence-electron chi connectivity index (χ3n) is 2.45. The molecule has 0 fully saturated rings. The van der Waals surface area contributed by atoms with Crippen molar-refractivity contribution in [3.05, 3.63) is 45.0 Å². The zero-order chi connectivity index (χ0) is 13.1. The van der Waals surface area contributed by atoms with Gasteiger partial charge in [0.25, 0.3) is 5.91 Å². The van der Waals surface area contributed by atoms with Crippen molar-refractivity contribution in [1.29, 1.82) is 0 Å². The van der Waals surface area contributed by atoms with Gasteiger partial charge in [-0.2, -0.15) is 0 Å². The average Bonchev–Trinajstić information content (AvgIpc) is 2.98. The summed E-state index contributed by atoms with van der Waals surface area (Å²) in [7, 11) is 1.63. The normalized spacial score (nSPS) is 12.4. The summed E-state index contributed by atoms with van der Waals surface area (Å²) in [5.74, 6) is -0.000870. The van der Waals surface area contributed by atoms with Crippen LogP contribution in [0.2, 0.25) is 0 Å². The van der Waals surface area contributed by atoms with Crippen LogP contribution in [0.25, 0.3) is 0 Å². The first kappa shape index (κ1) is 13.3. The molecule has 2 aromatic heterocycles. The minimum absolute atomic E-state index is 0.234. The van der Waals surface area contributed by atoms with E-state index in [-0.39, 0.29) is 18.2 Å². The molecule has 2 aromatic rings. The Labute approximate surface area is 117 Å². The van der Waals surface area contributed by atoms with E-state index in [4.69, 9.17) is 4.42 Å². The Morgan fingerprint density at radius 3 is 2.89 bits per heavy atom. The van der Waals surface area contributed by atoms with E-state index in [1.807, 2.05) is 17.5 Å². The van der Waals surface area contributed by atoms with Crippen LogP contribution in [0, 0.1) is 0 Å². The minimum Gasteiger partial charge on any atom is -0.444 e. The molecule has 0 aromatic carbocycles. The van der Waals surface area contributed by atoms with Crippen LogP contribution in [0.5, 0.6) is 0 Å². The van der Waals surface area contributed by atoms with Gasteiger partial charge in [0.1, 0.15) is 6.10 Å². The van der Waals surface area contributed by atoms with E-state index >= 15 is 0 Å². The Kier molecular flexibility index (Phi) is 4.21. The van der Waals surface area contributed by atoms with Gasteiger partial charge in [0.05, 0.1) is 6.54 Å². The van der Waals surface area contributed by atoms with Crippen LogP contribution >= 0.6 is 27.3 Å². The van der Waals surface area contributed by atoms with Crippen LogP contribution in [0.15, 0.2) is 38.7 Å². The first-order valence-corrected chi connectivity index (χ1v) is 6.97. The highest BCUT2D eigenvalue weighted by atomic mass is 79.9. The van der Waals surface area contributed by atoms with Crippen LogP contribution in [0.3, 0.4) is 0 Å². The third kappa shape index (κ3) is 3.01. The maximum absolute atomic E-state index is 12.0. The maximum Gasteiger partial charge on any atom is 0.289 e. The highest BCUT2D eigenvalue weighted by molar-refractivity contribution is 9.10. The summed E-state index contributed by atoms with van der Waals surface area (Å²) >= 11 is 4.61. The van der Waals surface area contributed by atoms with E-state index in [2.05, 4.69) is 15.9 Å². The average molecular weight is 330 g/mol. The lowest BCUT2D eigenvalue weighted by Gasteiger charge is -2.19. The molecule has 0 aliphatic rings. The molecule has 0 spiro atoms. The van der Waals surface area contributed by atoms with Gasteiger partial charge in [0, 0.05) is 11.9 Å². The number of rotatable bonds is 4. The van der Waals surface area contributed by atoms with Gasteiger partial charge in [-0.1, -0.05) is 6.07 Å². The summed E-state index contributed by atoms with van der Waals surface area (Å²) in [4.78, 5) is 14.2. The second-order valence-electron chi connectivity index (χ2n) is 3.82. The molecule has 96 valence electrons. The van der Waals surface area contributed by atoms with Crippen molar-refractivity contribution in [2.45, 2.75) is 6.10 Å². The van der Waals surface area contributed by atoms with Crippen LogP contribution in [0.4, 0.5) is 0 Å². The first-order chi connectivity index (χ1) is 8.58. The molecule has 18 heavy (non-hydrogen) atoms. The van der Waals surface area contributed by atoms with Crippen LogP contribution in [-0.4, -0.2) is 29.5 Å².